The van der Waals surface area contributed by atoms with Crippen molar-refractivity contribution in [1.82, 2.24) is 4.98 Å². The molecule has 37 heavy (non-hydrogen) atoms. The van der Waals surface area contributed by atoms with Crippen LogP contribution in [0.4, 0.5) is 10.1 Å². The van der Waals surface area contributed by atoms with Crippen LogP contribution in [0.3, 0.4) is 0 Å². The van der Waals surface area contributed by atoms with E-state index in [0.717, 1.165) is 66.5 Å². The summed E-state index contributed by atoms with van der Waals surface area (Å²) in [5.41, 5.74) is 5.24. The zero-order valence-corrected chi connectivity index (χ0v) is 21.1. The Morgan fingerprint density at radius 1 is 1.00 bits per heavy atom. The van der Waals surface area contributed by atoms with Gasteiger partial charge in [0.15, 0.2) is 0 Å². The molecule has 0 bridgehead atoms. The van der Waals surface area contributed by atoms with E-state index in [4.69, 9.17) is 0 Å². The summed E-state index contributed by atoms with van der Waals surface area (Å²) in [5.74, 6) is -0.851. The van der Waals surface area contributed by atoms with E-state index in [0.29, 0.717) is 11.5 Å². The molecule has 2 aromatic carbocycles. The van der Waals surface area contributed by atoms with E-state index >= 15 is 0 Å². The number of carbonyl (C=O) groups excluding carboxylic acids is 1. The minimum Gasteiger partial charge on any atom is -0.481 e. The molecule has 6 heteroatoms. The molecule has 0 spiro atoms. The SMILES string of the molecule is Cc1c(NC(=O)[C@@H](c2ccc(-c3cncc(F)c3)cc2)C2CCCC2)cccc1[C@H](CC(=O)O)C1CC1. The number of halogens is 1. The molecule has 5 nitrogen and oxygen atoms in total. The molecular weight excluding hydrogens is 467 g/mol. The Labute approximate surface area is 217 Å². The largest absolute Gasteiger partial charge is 0.481 e. The molecule has 3 aromatic rings. The number of anilines is 1. The topological polar surface area (TPSA) is 79.3 Å². The summed E-state index contributed by atoms with van der Waals surface area (Å²) in [5, 5.41) is 12.7. The number of carboxylic acid groups (broad SMARTS) is 1. The minimum absolute atomic E-state index is 0.0233. The number of pyridine rings is 1. The van der Waals surface area contributed by atoms with E-state index in [1.807, 2.05) is 49.4 Å². The van der Waals surface area contributed by atoms with Crippen LogP contribution in [0.5, 0.6) is 0 Å². The van der Waals surface area contributed by atoms with Gasteiger partial charge >= 0.3 is 5.97 Å². The lowest BCUT2D eigenvalue weighted by Crippen LogP contribution is -2.27. The van der Waals surface area contributed by atoms with E-state index in [2.05, 4.69) is 10.3 Å². The predicted molar refractivity (Wildman–Crippen MR) is 142 cm³/mol. The van der Waals surface area contributed by atoms with Gasteiger partial charge in [-0.15, -0.1) is 0 Å². The molecule has 2 saturated carbocycles. The van der Waals surface area contributed by atoms with Crippen molar-refractivity contribution >= 4 is 17.6 Å². The standard InChI is InChI=1S/C31H33FN2O3/c1-19-26(27(16-29(35)36)21-11-12-21)7-4-8-28(19)34-31(37)30(22-5-2-3-6-22)23-13-9-20(10-14-23)24-15-25(32)18-33-17-24/h4,7-10,13-15,17-18,21-22,27,30H,2-3,5-6,11-12,16H2,1H3,(H,34,37)(H,35,36)/t27-,30-/m1/s1. The summed E-state index contributed by atoms with van der Waals surface area (Å²) in [4.78, 5) is 29.3. The lowest BCUT2D eigenvalue weighted by atomic mass is 9.83. The maximum absolute atomic E-state index is 13.8. The first-order chi connectivity index (χ1) is 17.9. The summed E-state index contributed by atoms with van der Waals surface area (Å²) < 4.78 is 13.7. The number of rotatable bonds is 9. The van der Waals surface area contributed by atoms with Crippen molar-refractivity contribution < 1.29 is 19.1 Å². The zero-order valence-electron chi connectivity index (χ0n) is 21.1. The molecule has 2 N–H and O–H groups in total. The number of carbonyl (C=O) groups is 2. The van der Waals surface area contributed by atoms with Crippen molar-refractivity contribution in [3.8, 4) is 11.1 Å². The number of hydrogen-bond acceptors (Lipinski definition) is 3. The number of benzene rings is 2. The predicted octanol–water partition coefficient (Wildman–Crippen LogP) is 7.08. The van der Waals surface area contributed by atoms with Crippen molar-refractivity contribution in [3.63, 3.8) is 0 Å². The van der Waals surface area contributed by atoms with E-state index in [-0.39, 0.29) is 35.9 Å². The quantitative estimate of drug-likeness (QED) is 0.329. The summed E-state index contributed by atoms with van der Waals surface area (Å²) in [7, 11) is 0. The van der Waals surface area contributed by atoms with Crippen molar-refractivity contribution in [2.75, 3.05) is 5.32 Å². The third-order valence-corrected chi connectivity index (χ3v) is 8.08. The van der Waals surface area contributed by atoms with Gasteiger partial charge in [0.1, 0.15) is 5.82 Å². The summed E-state index contributed by atoms with van der Waals surface area (Å²) in [6.07, 6.45) is 9.30. The Kier molecular flexibility index (Phi) is 7.36. The van der Waals surface area contributed by atoms with Gasteiger partial charge in [-0.2, -0.15) is 0 Å². The summed E-state index contributed by atoms with van der Waals surface area (Å²) in [6, 6.07) is 15.1. The molecule has 2 aliphatic carbocycles. The average molecular weight is 501 g/mol. The van der Waals surface area contributed by atoms with Gasteiger partial charge in [0.25, 0.3) is 0 Å². The van der Waals surface area contributed by atoms with Gasteiger partial charge in [-0.1, -0.05) is 49.2 Å². The highest BCUT2D eigenvalue weighted by atomic mass is 19.1. The number of aromatic nitrogens is 1. The monoisotopic (exact) mass is 500 g/mol. The molecule has 0 saturated heterocycles. The van der Waals surface area contributed by atoms with Gasteiger partial charge in [-0.3, -0.25) is 14.6 Å². The summed E-state index contributed by atoms with van der Waals surface area (Å²) in [6.45, 7) is 1.98. The summed E-state index contributed by atoms with van der Waals surface area (Å²) >= 11 is 0. The first-order valence-corrected chi connectivity index (χ1v) is 13.2. The van der Waals surface area contributed by atoms with Crippen molar-refractivity contribution in [2.24, 2.45) is 11.8 Å². The second-order valence-electron chi connectivity index (χ2n) is 10.6. The first kappa shape index (κ1) is 25.1. The second kappa shape index (κ2) is 10.8. The van der Waals surface area contributed by atoms with Crippen molar-refractivity contribution in [1.29, 1.82) is 0 Å². The molecule has 5 rings (SSSR count). The van der Waals surface area contributed by atoms with Crippen LogP contribution < -0.4 is 5.32 Å². The van der Waals surface area contributed by atoms with Crippen LogP contribution in [-0.4, -0.2) is 22.0 Å². The number of amides is 1. The highest BCUT2D eigenvalue weighted by molar-refractivity contribution is 5.97. The number of aliphatic carboxylic acids is 1. The third-order valence-electron chi connectivity index (χ3n) is 8.08. The zero-order chi connectivity index (χ0) is 25.9. The van der Waals surface area contributed by atoms with E-state index in [1.165, 1.54) is 12.3 Å². The Morgan fingerprint density at radius 2 is 1.73 bits per heavy atom. The van der Waals surface area contributed by atoms with E-state index in [1.54, 1.807) is 6.20 Å². The van der Waals surface area contributed by atoms with Crippen LogP contribution in [-0.2, 0) is 9.59 Å². The molecule has 1 aromatic heterocycles. The van der Waals surface area contributed by atoms with Crippen LogP contribution in [0, 0.1) is 24.6 Å². The molecule has 192 valence electrons. The van der Waals surface area contributed by atoms with Crippen molar-refractivity contribution in [2.45, 2.75) is 63.7 Å². The van der Waals surface area contributed by atoms with Gasteiger partial charge < -0.3 is 10.4 Å². The Hall–Kier alpha value is -3.54. The molecule has 2 atom stereocenters. The lowest BCUT2D eigenvalue weighted by Gasteiger charge is -2.25. The lowest BCUT2D eigenvalue weighted by molar-refractivity contribution is -0.137. The fourth-order valence-corrected chi connectivity index (χ4v) is 6.00. The van der Waals surface area contributed by atoms with Gasteiger partial charge in [0.05, 0.1) is 18.5 Å². The van der Waals surface area contributed by atoms with Gasteiger partial charge in [0.2, 0.25) is 5.91 Å². The van der Waals surface area contributed by atoms with Crippen LogP contribution >= 0.6 is 0 Å². The molecule has 0 aliphatic heterocycles. The molecule has 1 amide bonds. The number of nitrogens with one attached hydrogen (secondary N) is 1. The number of nitrogens with zero attached hydrogens (tertiary/aromatic N) is 1. The Balaban J connectivity index is 1.40. The maximum Gasteiger partial charge on any atom is 0.303 e. The number of carboxylic acids is 1. The maximum atomic E-state index is 13.8. The minimum atomic E-state index is -0.787. The van der Waals surface area contributed by atoms with Crippen LogP contribution in [0.25, 0.3) is 11.1 Å². The fraction of sp³-hybridized carbons (Fsp3) is 0.387. The molecule has 0 unspecified atom stereocenters. The normalized spacial score (nSPS) is 17.4. The fourth-order valence-electron chi connectivity index (χ4n) is 6.00. The molecule has 2 aliphatic rings. The van der Waals surface area contributed by atoms with E-state index < -0.39 is 5.97 Å². The van der Waals surface area contributed by atoms with Gasteiger partial charge in [-0.25, -0.2) is 4.39 Å². The van der Waals surface area contributed by atoms with E-state index in [9.17, 15) is 19.1 Å². The van der Waals surface area contributed by atoms with Crippen LogP contribution in [0.1, 0.15) is 73.5 Å². The van der Waals surface area contributed by atoms with Crippen LogP contribution in [0.15, 0.2) is 60.9 Å². The van der Waals surface area contributed by atoms with Gasteiger partial charge in [-0.05, 0) is 84.7 Å². The second-order valence-corrected chi connectivity index (χ2v) is 10.6. The van der Waals surface area contributed by atoms with Gasteiger partial charge in [0, 0.05) is 17.4 Å². The highest BCUT2D eigenvalue weighted by Crippen LogP contribution is 2.46. The smallest absolute Gasteiger partial charge is 0.303 e. The third kappa shape index (κ3) is 5.74. The Morgan fingerprint density at radius 3 is 2.38 bits per heavy atom. The average Bonchev–Trinajstić information content (AvgIpc) is 3.59. The molecule has 0 radical (unpaired) electrons. The number of hydrogen-bond donors (Lipinski definition) is 2. The first-order valence-electron chi connectivity index (χ1n) is 13.2. The Bertz CT molecular complexity index is 1280. The molecule has 1 heterocycles. The van der Waals surface area contributed by atoms with Crippen molar-refractivity contribution in [3.05, 3.63) is 83.4 Å². The highest BCUT2D eigenvalue weighted by Gasteiger charge is 2.36. The molecule has 2 fully saturated rings. The molecular formula is C31H33FN2O3. The van der Waals surface area contributed by atoms with Crippen LogP contribution in [0.2, 0.25) is 0 Å².